The van der Waals surface area contributed by atoms with Gasteiger partial charge in [-0.25, -0.2) is 0 Å². The fourth-order valence-electron chi connectivity index (χ4n) is 1.48. The van der Waals surface area contributed by atoms with E-state index in [2.05, 4.69) is 55.4 Å². The Labute approximate surface area is 113 Å². The van der Waals surface area contributed by atoms with Gasteiger partial charge in [0.25, 0.3) is 0 Å². The Bertz CT molecular complexity index is 475. The molecule has 0 aliphatic rings. The van der Waals surface area contributed by atoms with Crippen molar-refractivity contribution >= 4 is 39.5 Å². The van der Waals surface area contributed by atoms with Gasteiger partial charge in [-0.05, 0) is 0 Å². The van der Waals surface area contributed by atoms with Gasteiger partial charge in [0.2, 0.25) is 0 Å². The molecule has 3 heteroatoms. The number of nitrogens with zero attached hydrogens (tertiary/aromatic N) is 1. The first-order valence-corrected chi connectivity index (χ1v) is 7.79. The number of rotatable bonds is 3. The summed E-state index contributed by atoms with van der Waals surface area (Å²) in [7, 11) is 4.12. The topological polar surface area (TPSA) is 29.3 Å². The summed E-state index contributed by atoms with van der Waals surface area (Å²) in [6.45, 7) is 0. The van der Waals surface area contributed by atoms with Crippen LogP contribution in [0.4, 0.5) is 11.4 Å². The Morgan fingerprint density at radius 3 is 1.76 bits per heavy atom. The van der Waals surface area contributed by atoms with Crippen LogP contribution in [0.5, 0.6) is 0 Å². The second-order valence-corrected chi connectivity index (χ2v) is 7.33. The Hall–Kier alpha value is -1.17. The summed E-state index contributed by atoms with van der Waals surface area (Å²) in [5, 5.41) is 0. The monoisotopic (exact) mass is 342 g/mol. The minimum atomic E-state index is -0.280. The number of anilines is 2. The average molecular weight is 340 g/mol. The Kier molecular flexibility index (Phi) is 3.93. The first kappa shape index (κ1) is 12.3. The SMILES string of the molecule is CN(C)c1ccc([Te]c2ccc(N)cc2)cc1. The van der Waals surface area contributed by atoms with Crippen LogP contribution in [0.25, 0.3) is 0 Å². The molecule has 0 atom stereocenters. The van der Waals surface area contributed by atoms with Gasteiger partial charge in [0, 0.05) is 0 Å². The summed E-state index contributed by atoms with van der Waals surface area (Å²) >= 11 is -0.280. The summed E-state index contributed by atoms with van der Waals surface area (Å²) in [6, 6.07) is 17.0. The van der Waals surface area contributed by atoms with Crippen LogP contribution in [-0.2, 0) is 0 Å². The Morgan fingerprint density at radius 1 is 0.824 bits per heavy atom. The van der Waals surface area contributed by atoms with Crippen molar-refractivity contribution in [3.8, 4) is 0 Å². The van der Waals surface area contributed by atoms with Crippen molar-refractivity contribution in [3.63, 3.8) is 0 Å². The van der Waals surface area contributed by atoms with E-state index in [-0.39, 0.29) is 20.9 Å². The summed E-state index contributed by atoms with van der Waals surface area (Å²) in [5.74, 6) is 0. The van der Waals surface area contributed by atoms with Gasteiger partial charge in [0.05, 0.1) is 0 Å². The normalized spacial score (nSPS) is 10.2. The first-order chi connectivity index (χ1) is 8.15. The molecule has 0 amide bonds. The number of nitrogen functional groups attached to an aromatic ring is 1. The molecule has 0 unspecified atom stereocenters. The predicted molar refractivity (Wildman–Crippen MR) is 76.6 cm³/mol. The summed E-state index contributed by atoms with van der Waals surface area (Å²) < 4.78 is 2.87. The molecule has 2 aromatic rings. The zero-order valence-corrected chi connectivity index (χ0v) is 12.4. The van der Waals surface area contributed by atoms with Crippen molar-refractivity contribution in [3.05, 3.63) is 48.5 Å². The summed E-state index contributed by atoms with van der Waals surface area (Å²) in [5.41, 5.74) is 7.77. The molecule has 0 aliphatic carbocycles. The number of benzene rings is 2. The number of nitrogens with two attached hydrogens (primary N) is 1. The summed E-state index contributed by atoms with van der Waals surface area (Å²) in [6.07, 6.45) is 0. The third-order valence-corrected chi connectivity index (χ3v) is 5.37. The number of hydrogen-bond acceptors (Lipinski definition) is 2. The van der Waals surface area contributed by atoms with E-state index >= 15 is 0 Å². The quantitative estimate of drug-likeness (QED) is 0.667. The van der Waals surface area contributed by atoms with Crippen molar-refractivity contribution in [1.82, 2.24) is 0 Å². The molecule has 88 valence electrons. The molecule has 0 bridgehead atoms. The van der Waals surface area contributed by atoms with Crippen LogP contribution in [0, 0.1) is 0 Å². The predicted octanol–water partition coefficient (Wildman–Crippen LogP) is 0.990. The molecule has 0 saturated carbocycles. The van der Waals surface area contributed by atoms with Gasteiger partial charge >= 0.3 is 113 Å². The van der Waals surface area contributed by atoms with E-state index in [1.165, 1.54) is 12.9 Å². The maximum absolute atomic E-state index is 5.68. The molecule has 2 rings (SSSR count). The molecule has 2 aromatic carbocycles. The van der Waals surface area contributed by atoms with Crippen LogP contribution >= 0.6 is 0 Å². The second-order valence-electron chi connectivity index (χ2n) is 4.06. The molecular weight excluding hydrogens is 324 g/mol. The van der Waals surface area contributed by atoms with Crippen molar-refractivity contribution in [2.24, 2.45) is 0 Å². The second kappa shape index (κ2) is 5.44. The van der Waals surface area contributed by atoms with Gasteiger partial charge in [-0.1, -0.05) is 0 Å². The van der Waals surface area contributed by atoms with E-state index in [1.54, 1.807) is 0 Å². The first-order valence-electron chi connectivity index (χ1n) is 5.46. The Balaban J connectivity index is 2.11. The van der Waals surface area contributed by atoms with E-state index in [9.17, 15) is 0 Å². The molecule has 0 heterocycles. The van der Waals surface area contributed by atoms with Gasteiger partial charge in [-0.2, -0.15) is 0 Å². The van der Waals surface area contributed by atoms with E-state index in [4.69, 9.17) is 5.73 Å². The minimum absolute atomic E-state index is 0.280. The molecule has 0 aliphatic heterocycles. The molecule has 0 aromatic heterocycles. The van der Waals surface area contributed by atoms with Crippen LogP contribution in [0.2, 0.25) is 0 Å². The van der Waals surface area contributed by atoms with E-state index in [1.807, 2.05) is 12.1 Å². The molecule has 0 fully saturated rings. The van der Waals surface area contributed by atoms with E-state index in [0.717, 1.165) is 5.69 Å². The van der Waals surface area contributed by atoms with Crippen LogP contribution in [0.1, 0.15) is 0 Å². The van der Waals surface area contributed by atoms with E-state index < -0.39 is 0 Å². The zero-order chi connectivity index (χ0) is 12.3. The molecular formula is C14H16N2Te. The maximum atomic E-state index is 5.68. The van der Waals surface area contributed by atoms with E-state index in [0.29, 0.717) is 0 Å². The molecule has 17 heavy (non-hydrogen) atoms. The Morgan fingerprint density at radius 2 is 1.29 bits per heavy atom. The summed E-state index contributed by atoms with van der Waals surface area (Å²) in [4.78, 5) is 2.12. The van der Waals surface area contributed by atoms with Crippen molar-refractivity contribution in [2.45, 2.75) is 0 Å². The van der Waals surface area contributed by atoms with Crippen molar-refractivity contribution < 1.29 is 0 Å². The van der Waals surface area contributed by atoms with Crippen LogP contribution in [0.15, 0.2) is 48.5 Å². The molecule has 0 spiro atoms. The standard InChI is InChI=1S/C14H16N2Te/c1-16(2)12-5-9-14(10-6-12)17-13-7-3-11(15)4-8-13/h3-10H,15H2,1-2H3. The molecule has 0 radical (unpaired) electrons. The number of hydrogen-bond donors (Lipinski definition) is 1. The van der Waals surface area contributed by atoms with Crippen LogP contribution in [0.3, 0.4) is 0 Å². The van der Waals surface area contributed by atoms with Gasteiger partial charge in [0.1, 0.15) is 0 Å². The average Bonchev–Trinajstić information content (AvgIpc) is 2.33. The van der Waals surface area contributed by atoms with Crippen molar-refractivity contribution in [2.75, 3.05) is 24.7 Å². The fraction of sp³-hybridized carbons (Fsp3) is 0.143. The van der Waals surface area contributed by atoms with Gasteiger partial charge in [0.15, 0.2) is 0 Å². The third kappa shape index (κ3) is 3.39. The molecule has 0 saturated heterocycles. The van der Waals surface area contributed by atoms with Gasteiger partial charge in [-0.3, -0.25) is 0 Å². The van der Waals surface area contributed by atoms with Crippen LogP contribution in [-0.4, -0.2) is 35.0 Å². The third-order valence-electron chi connectivity index (χ3n) is 2.47. The molecule has 2 N–H and O–H groups in total. The van der Waals surface area contributed by atoms with Crippen molar-refractivity contribution in [1.29, 1.82) is 0 Å². The zero-order valence-electron chi connectivity index (χ0n) is 10.1. The van der Waals surface area contributed by atoms with Crippen LogP contribution < -0.4 is 17.9 Å². The fourth-order valence-corrected chi connectivity index (χ4v) is 3.81. The van der Waals surface area contributed by atoms with Gasteiger partial charge < -0.3 is 0 Å². The molecule has 2 nitrogen and oxygen atoms in total. The van der Waals surface area contributed by atoms with Gasteiger partial charge in [-0.15, -0.1) is 0 Å².